The molecule has 1 aromatic heterocycles. The third kappa shape index (κ3) is 4.76. The molecule has 0 unspecified atom stereocenters. The van der Waals surface area contributed by atoms with Crippen molar-refractivity contribution in [2.45, 2.75) is 13.8 Å². The van der Waals surface area contributed by atoms with E-state index in [1.807, 2.05) is 60.7 Å². The fourth-order valence-electron chi connectivity index (χ4n) is 3.27. The number of aromatic nitrogens is 2. The van der Waals surface area contributed by atoms with E-state index in [2.05, 4.69) is 36.0 Å². The monoisotopic (exact) mass is 409 g/mol. The summed E-state index contributed by atoms with van der Waals surface area (Å²) in [4.78, 5) is 7.88. The van der Waals surface area contributed by atoms with E-state index in [0.29, 0.717) is 30.4 Å². The Morgan fingerprint density at radius 2 is 1.68 bits per heavy atom. The molecule has 4 aromatic rings. The average Bonchev–Trinajstić information content (AvgIpc) is 3.19. The van der Waals surface area contributed by atoms with Crippen molar-refractivity contribution in [3.8, 4) is 17.6 Å². The molecule has 5 nitrogen and oxygen atoms in total. The maximum Gasteiger partial charge on any atom is 0.149 e. The molecule has 0 saturated carbocycles. The van der Waals surface area contributed by atoms with Gasteiger partial charge in [0, 0.05) is 5.56 Å². The zero-order chi connectivity index (χ0) is 21.6. The molecule has 3 aromatic carbocycles. The highest BCUT2D eigenvalue weighted by atomic mass is 16.5. The summed E-state index contributed by atoms with van der Waals surface area (Å²) >= 11 is 0. The molecular formula is C26H23N3O2. The summed E-state index contributed by atoms with van der Waals surface area (Å²) in [5.74, 6) is 2.04. The molecule has 31 heavy (non-hydrogen) atoms. The zero-order valence-electron chi connectivity index (χ0n) is 17.6. The van der Waals surface area contributed by atoms with Crippen LogP contribution in [0.2, 0.25) is 0 Å². The van der Waals surface area contributed by atoms with Crippen LogP contribution in [0.1, 0.15) is 22.5 Å². The first-order chi connectivity index (χ1) is 15.1. The van der Waals surface area contributed by atoms with Crippen LogP contribution in [0.15, 0.2) is 66.7 Å². The van der Waals surface area contributed by atoms with E-state index in [9.17, 15) is 5.26 Å². The lowest BCUT2D eigenvalue weighted by atomic mass is 10.1. The number of nitriles is 1. The first-order valence-corrected chi connectivity index (χ1v) is 10.1. The van der Waals surface area contributed by atoms with Gasteiger partial charge in [-0.05, 0) is 61.4 Å². The van der Waals surface area contributed by atoms with Crippen LogP contribution < -0.4 is 9.47 Å². The van der Waals surface area contributed by atoms with E-state index < -0.39 is 0 Å². The van der Waals surface area contributed by atoms with Crippen LogP contribution >= 0.6 is 0 Å². The summed E-state index contributed by atoms with van der Waals surface area (Å²) in [5.41, 5.74) is 5.38. The molecule has 0 amide bonds. The van der Waals surface area contributed by atoms with E-state index in [-0.39, 0.29) is 0 Å². The Labute approximate surface area is 181 Å². The molecule has 4 rings (SSSR count). The second kappa shape index (κ2) is 9.19. The number of hydrogen-bond donors (Lipinski definition) is 1. The number of aromatic amines is 1. The smallest absolute Gasteiger partial charge is 0.149 e. The molecule has 0 atom stereocenters. The molecule has 0 aliphatic rings. The average molecular weight is 409 g/mol. The molecule has 1 heterocycles. The summed E-state index contributed by atoms with van der Waals surface area (Å²) in [6, 6.07) is 23.6. The summed E-state index contributed by atoms with van der Waals surface area (Å²) in [7, 11) is 0. The third-order valence-electron chi connectivity index (χ3n) is 5.04. The van der Waals surface area contributed by atoms with Crippen molar-refractivity contribution in [2.75, 3.05) is 13.2 Å². The predicted octanol–water partition coefficient (Wildman–Crippen LogP) is 5.70. The fraction of sp³-hybridized carbons (Fsp3) is 0.154. The second-order valence-corrected chi connectivity index (χ2v) is 7.26. The highest BCUT2D eigenvalue weighted by Gasteiger charge is 2.11. The van der Waals surface area contributed by atoms with Gasteiger partial charge < -0.3 is 14.5 Å². The van der Waals surface area contributed by atoms with Crippen molar-refractivity contribution in [2.24, 2.45) is 0 Å². The molecule has 0 aliphatic carbocycles. The number of rotatable bonds is 7. The molecule has 0 fully saturated rings. The highest BCUT2D eigenvalue weighted by Crippen LogP contribution is 2.26. The number of aryl methyl sites for hydroxylation is 2. The number of allylic oxidation sites excluding steroid dienone is 1. The lowest BCUT2D eigenvalue weighted by Gasteiger charge is -2.10. The molecule has 1 N–H and O–H groups in total. The van der Waals surface area contributed by atoms with Gasteiger partial charge in [0.25, 0.3) is 0 Å². The number of benzene rings is 3. The summed E-state index contributed by atoms with van der Waals surface area (Å²) in [6.07, 6.45) is 1.80. The van der Waals surface area contributed by atoms with Crippen LogP contribution in [0.25, 0.3) is 22.7 Å². The van der Waals surface area contributed by atoms with E-state index in [0.717, 1.165) is 22.3 Å². The van der Waals surface area contributed by atoms with E-state index in [1.165, 1.54) is 11.1 Å². The van der Waals surface area contributed by atoms with E-state index in [1.54, 1.807) is 6.08 Å². The SMILES string of the molecule is Cc1cc2nc(/C(C#N)=C/c3ccccc3OCCOc3ccccc3)[nH]c2cc1C. The summed E-state index contributed by atoms with van der Waals surface area (Å²) in [5, 5.41) is 9.77. The minimum atomic E-state index is 0.394. The standard InChI is InChI=1S/C26H23N3O2/c1-18-14-23-24(15-19(18)2)29-26(28-23)21(17-27)16-20-8-6-7-11-25(20)31-13-12-30-22-9-4-3-5-10-22/h3-11,14-16H,12-13H2,1-2H3,(H,28,29)/b21-16+. The van der Waals surface area contributed by atoms with Crippen molar-refractivity contribution in [1.82, 2.24) is 9.97 Å². The largest absolute Gasteiger partial charge is 0.490 e. The Kier molecular flexibility index (Phi) is 6.00. The maximum atomic E-state index is 9.77. The van der Waals surface area contributed by atoms with Gasteiger partial charge >= 0.3 is 0 Å². The van der Waals surface area contributed by atoms with Crippen LogP contribution in [-0.4, -0.2) is 23.2 Å². The number of ether oxygens (including phenoxy) is 2. The minimum absolute atomic E-state index is 0.394. The van der Waals surface area contributed by atoms with Crippen LogP contribution in [0.4, 0.5) is 0 Å². The number of H-pyrrole nitrogens is 1. The number of hydrogen-bond acceptors (Lipinski definition) is 4. The predicted molar refractivity (Wildman–Crippen MR) is 123 cm³/mol. The number of para-hydroxylation sites is 2. The molecule has 0 spiro atoms. The first kappa shape index (κ1) is 20.2. The van der Waals surface area contributed by atoms with Gasteiger partial charge in [0.05, 0.1) is 16.6 Å². The Bertz CT molecular complexity index is 1230. The van der Waals surface area contributed by atoms with Crippen LogP contribution in [0.5, 0.6) is 11.5 Å². The number of fused-ring (bicyclic) bond motifs is 1. The molecule has 0 radical (unpaired) electrons. The van der Waals surface area contributed by atoms with Gasteiger partial charge in [-0.1, -0.05) is 36.4 Å². The van der Waals surface area contributed by atoms with Crippen molar-refractivity contribution in [3.05, 3.63) is 89.2 Å². The summed E-state index contributed by atoms with van der Waals surface area (Å²) < 4.78 is 11.6. The molecule has 0 saturated heterocycles. The lowest BCUT2D eigenvalue weighted by molar-refractivity contribution is 0.217. The Hall–Kier alpha value is -4.04. The van der Waals surface area contributed by atoms with Crippen LogP contribution in [-0.2, 0) is 0 Å². The van der Waals surface area contributed by atoms with Crippen LogP contribution in [0, 0.1) is 25.2 Å². The molecule has 0 bridgehead atoms. The van der Waals surface area contributed by atoms with Gasteiger partial charge in [0.2, 0.25) is 0 Å². The van der Waals surface area contributed by atoms with Crippen molar-refractivity contribution >= 4 is 22.7 Å². The lowest BCUT2D eigenvalue weighted by Crippen LogP contribution is -2.09. The fourth-order valence-corrected chi connectivity index (χ4v) is 3.27. The van der Waals surface area contributed by atoms with Gasteiger partial charge in [-0.3, -0.25) is 0 Å². The topological polar surface area (TPSA) is 70.9 Å². The van der Waals surface area contributed by atoms with Gasteiger partial charge in [-0.2, -0.15) is 5.26 Å². The third-order valence-corrected chi connectivity index (χ3v) is 5.04. The van der Waals surface area contributed by atoms with Crippen molar-refractivity contribution in [3.63, 3.8) is 0 Å². The normalized spacial score (nSPS) is 11.3. The highest BCUT2D eigenvalue weighted by molar-refractivity contribution is 5.91. The minimum Gasteiger partial charge on any atom is -0.490 e. The Morgan fingerprint density at radius 1 is 0.968 bits per heavy atom. The number of imidazole rings is 1. The van der Waals surface area contributed by atoms with Gasteiger partial charge in [-0.15, -0.1) is 0 Å². The quantitative estimate of drug-likeness (QED) is 0.314. The summed E-state index contributed by atoms with van der Waals surface area (Å²) in [6.45, 7) is 4.94. The first-order valence-electron chi connectivity index (χ1n) is 10.1. The number of nitrogens with one attached hydrogen (secondary N) is 1. The molecular weight excluding hydrogens is 386 g/mol. The van der Waals surface area contributed by atoms with Gasteiger partial charge in [0.15, 0.2) is 0 Å². The molecule has 5 heteroatoms. The Balaban J connectivity index is 1.52. The van der Waals surface area contributed by atoms with Gasteiger partial charge in [0.1, 0.15) is 36.6 Å². The molecule has 154 valence electrons. The Morgan fingerprint density at radius 3 is 2.48 bits per heavy atom. The van der Waals surface area contributed by atoms with E-state index >= 15 is 0 Å². The van der Waals surface area contributed by atoms with Crippen molar-refractivity contribution in [1.29, 1.82) is 5.26 Å². The molecule has 0 aliphatic heterocycles. The van der Waals surface area contributed by atoms with E-state index in [4.69, 9.17) is 9.47 Å². The second-order valence-electron chi connectivity index (χ2n) is 7.26. The van der Waals surface area contributed by atoms with Crippen molar-refractivity contribution < 1.29 is 9.47 Å². The maximum absolute atomic E-state index is 9.77. The van der Waals surface area contributed by atoms with Gasteiger partial charge in [-0.25, -0.2) is 4.98 Å². The van der Waals surface area contributed by atoms with Crippen LogP contribution in [0.3, 0.4) is 0 Å². The number of nitrogens with zero attached hydrogens (tertiary/aromatic N) is 2. The zero-order valence-corrected chi connectivity index (χ0v) is 17.6.